The number of benzene rings is 1. The molecule has 0 saturated carbocycles. The average Bonchev–Trinajstić information content (AvgIpc) is 2.84. The second kappa shape index (κ2) is 7.28. The van der Waals surface area contributed by atoms with Crippen molar-refractivity contribution in [3.8, 4) is 0 Å². The smallest absolute Gasteiger partial charge is 0.250 e. The van der Waals surface area contributed by atoms with Crippen molar-refractivity contribution < 1.29 is 9.53 Å². The summed E-state index contributed by atoms with van der Waals surface area (Å²) in [7, 11) is 1.49. The number of ether oxygens (including phenoxy) is 1. The predicted molar refractivity (Wildman–Crippen MR) is 83.6 cm³/mol. The third-order valence-corrected chi connectivity index (χ3v) is 3.82. The van der Waals surface area contributed by atoms with Crippen molar-refractivity contribution in [1.82, 2.24) is 0 Å². The van der Waals surface area contributed by atoms with Crippen LogP contribution in [-0.4, -0.2) is 19.6 Å². The molecule has 20 heavy (non-hydrogen) atoms. The molecule has 0 aliphatic rings. The van der Waals surface area contributed by atoms with E-state index in [0.29, 0.717) is 0 Å². The summed E-state index contributed by atoms with van der Waals surface area (Å²) >= 11 is 7.49. The van der Waals surface area contributed by atoms with Crippen LogP contribution in [-0.2, 0) is 16.1 Å². The highest BCUT2D eigenvalue weighted by atomic mass is 35.5. The van der Waals surface area contributed by atoms with Gasteiger partial charge in [-0.15, -0.1) is 11.3 Å². The molecule has 0 atom stereocenters. The summed E-state index contributed by atoms with van der Waals surface area (Å²) < 4.78 is 4.76. The van der Waals surface area contributed by atoms with Crippen molar-refractivity contribution in [3.05, 3.63) is 45.6 Å². The minimum atomic E-state index is -0.165. The first-order valence-electron chi connectivity index (χ1n) is 6.03. The van der Waals surface area contributed by atoms with Gasteiger partial charge in [-0.1, -0.05) is 11.6 Å². The van der Waals surface area contributed by atoms with Gasteiger partial charge in [-0.2, -0.15) is 0 Å². The van der Waals surface area contributed by atoms with Crippen molar-refractivity contribution in [2.24, 2.45) is 0 Å². The van der Waals surface area contributed by atoms with Crippen molar-refractivity contribution in [2.45, 2.75) is 6.54 Å². The molecular weight excluding hydrogens is 296 g/mol. The van der Waals surface area contributed by atoms with Crippen LogP contribution in [0, 0.1) is 0 Å². The Morgan fingerprint density at radius 1 is 1.30 bits per heavy atom. The van der Waals surface area contributed by atoms with Crippen LogP contribution in [0.1, 0.15) is 4.88 Å². The Labute approximate surface area is 126 Å². The maximum atomic E-state index is 11.3. The summed E-state index contributed by atoms with van der Waals surface area (Å²) in [5.74, 6) is -0.165. The van der Waals surface area contributed by atoms with Gasteiger partial charge in [0.2, 0.25) is 5.91 Å². The van der Waals surface area contributed by atoms with E-state index in [9.17, 15) is 4.79 Å². The van der Waals surface area contributed by atoms with Crippen LogP contribution in [0.4, 0.5) is 11.4 Å². The van der Waals surface area contributed by atoms with Gasteiger partial charge in [-0.05, 0) is 30.3 Å². The highest BCUT2D eigenvalue weighted by Gasteiger charge is 2.02. The molecule has 0 spiro atoms. The minimum absolute atomic E-state index is 0.0547. The number of hydrogen-bond donors (Lipinski definition) is 2. The fraction of sp³-hybridized carbons (Fsp3) is 0.214. The highest BCUT2D eigenvalue weighted by molar-refractivity contribution is 7.10. The van der Waals surface area contributed by atoms with Crippen LogP contribution >= 0.6 is 22.9 Å². The molecule has 0 aliphatic carbocycles. The van der Waals surface area contributed by atoms with Crippen molar-refractivity contribution in [2.75, 3.05) is 24.4 Å². The number of hydrogen-bond acceptors (Lipinski definition) is 4. The average molecular weight is 311 g/mol. The Balaban J connectivity index is 1.86. The molecule has 0 bridgehead atoms. The Kier molecular flexibility index (Phi) is 5.40. The van der Waals surface area contributed by atoms with Gasteiger partial charge in [0, 0.05) is 35.3 Å². The maximum Gasteiger partial charge on any atom is 0.250 e. The second-order valence-corrected chi connectivity index (χ2v) is 5.58. The third kappa shape index (κ3) is 4.52. The molecule has 4 nitrogen and oxygen atoms in total. The number of nitrogens with one attached hydrogen (secondary N) is 2. The Bertz CT molecular complexity index is 569. The van der Waals surface area contributed by atoms with E-state index in [1.165, 1.54) is 12.0 Å². The number of halogens is 1. The molecule has 2 aromatic rings. The van der Waals surface area contributed by atoms with Gasteiger partial charge in [0.1, 0.15) is 6.61 Å². The fourth-order valence-corrected chi connectivity index (χ4v) is 2.65. The van der Waals surface area contributed by atoms with Crippen LogP contribution in [0.5, 0.6) is 0 Å². The lowest BCUT2D eigenvalue weighted by Crippen LogP contribution is -2.16. The van der Waals surface area contributed by atoms with Crippen LogP contribution in [0.15, 0.2) is 35.7 Å². The first kappa shape index (κ1) is 14.8. The standard InChI is InChI=1S/C14H15ClN2O2S/c1-19-8-14(18)17-12-4-2-11(3-5-12)16-7-13-6-10(15)9-20-13/h2-6,9,16H,7-8H2,1H3,(H,17,18). The Hall–Kier alpha value is -1.56. The molecule has 1 aromatic heterocycles. The third-order valence-electron chi connectivity index (χ3n) is 2.53. The van der Waals surface area contributed by atoms with E-state index in [1.54, 1.807) is 11.3 Å². The zero-order valence-corrected chi connectivity index (χ0v) is 12.6. The molecule has 0 aliphatic heterocycles. The number of anilines is 2. The van der Waals surface area contributed by atoms with Crippen LogP contribution < -0.4 is 10.6 Å². The molecule has 2 rings (SSSR count). The summed E-state index contributed by atoms with van der Waals surface area (Å²) in [6.45, 7) is 0.784. The van der Waals surface area contributed by atoms with Gasteiger partial charge in [0.25, 0.3) is 0 Å². The number of rotatable bonds is 6. The summed E-state index contributed by atoms with van der Waals surface area (Å²) in [6, 6.07) is 9.46. The van der Waals surface area contributed by atoms with Crippen LogP contribution in [0.2, 0.25) is 5.02 Å². The zero-order valence-electron chi connectivity index (χ0n) is 11.0. The molecular formula is C14H15ClN2O2S. The van der Waals surface area contributed by atoms with E-state index in [1.807, 2.05) is 35.7 Å². The SMILES string of the molecule is COCC(=O)Nc1ccc(NCc2cc(Cl)cs2)cc1. The predicted octanol–water partition coefficient (Wildman–Crippen LogP) is 3.60. The quantitative estimate of drug-likeness (QED) is 0.857. The fourth-order valence-electron chi connectivity index (χ4n) is 1.64. The topological polar surface area (TPSA) is 50.4 Å². The monoisotopic (exact) mass is 310 g/mol. The van der Waals surface area contributed by atoms with E-state index in [0.717, 1.165) is 22.9 Å². The second-order valence-electron chi connectivity index (χ2n) is 4.14. The molecule has 1 heterocycles. The van der Waals surface area contributed by atoms with Crippen molar-refractivity contribution in [3.63, 3.8) is 0 Å². The summed E-state index contributed by atoms with van der Waals surface area (Å²) in [5.41, 5.74) is 1.73. The first-order chi connectivity index (χ1) is 9.67. The largest absolute Gasteiger partial charge is 0.380 e. The summed E-state index contributed by atoms with van der Waals surface area (Å²) in [5, 5.41) is 8.71. The van der Waals surface area contributed by atoms with E-state index in [-0.39, 0.29) is 12.5 Å². The van der Waals surface area contributed by atoms with Crippen LogP contribution in [0.3, 0.4) is 0 Å². The van der Waals surface area contributed by atoms with E-state index < -0.39 is 0 Å². The van der Waals surface area contributed by atoms with Gasteiger partial charge < -0.3 is 15.4 Å². The molecule has 0 fully saturated rings. The number of amides is 1. The Morgan fingerprint density at radius 3 is 2.60 bits per heavy atom. The van der Waals surface area contributed by atoms with E-state index in [4.69, 9.17) is 16.3 Å². The number of carbonyl (C=O) groups excluding carboxylic acids is 1. The first-order valence-corrected chi connectivity index (χ1v) is 7.29. The highest BCUT2D eigenvalue weighted by Crippen LogP contribution is 2.21. The number of methoxy groups -OCH3 is 1. The Morgan fingerprint density at radius 2 is 2.00 bits per heavy atom. The van der Waals surface area contributed by atoms with Gasteiger partial charge in [-0.25, -0.2) is 0 Å². The summed E-state index contributed by atoms with van der Waals surface area (Å²) in [6.07, 6.45) is 0. The van der Waals surface area contributed by atoms with Crippen molar-refractivity contribution >= 4 is 40.2 Å². The van der Waals surface area contributed by atoms with Gasteiger partial charge in [0.05, 0.1) is 5.02 Å². The lowest BCUT2D eigenvalue weighted by molar-refractivity contribution is -0.119. The molecule has 1 aromatic carbocycles. The number of carbonyl (C=O) groups is 1. The maximum absolute atomic E-state index is 11.3. The molecule has 106 valence electrons. The molecule has 1 amide bonds. The normalized spacial score (nSPS) is 10.3. The lowest BCUT2D eigenvalue weighted by Gasteiger charge is -2.07. The molecule has 2 N–H and O–H groups in total. The minimum Gasteiger partial charge on any atom is -0.380 e. The lowest BCUT2D eigenvalue weighted by atomic mass is 10.2. The molecule has 0 saturated heterocycles. The van der Waals surface area contributed by atoms with E-state index >= 15 is 0 Å². The summed E-state index contributed by atoms with van der Waals surface area (Å²) in [4.78, 5) is 12.5. The van der Waals surface area contributed by atoms with Crippen LogP contribution in [0.25, 0.3) is 0 Å². The van der Waals surface area contributed by atoms with Gasteiger partial charge in [-0.3, -0.25) is 4.79 Å². The van der Waals surface area contributed by atoms with Crippen molar-refractivity contribution in [1.29, 1.82) is 0 Å². The molecule has 0 radical (unpaired) electrons. The molecule has 0 unspecified atom stereocenters. The van der Waals surface area contributed by atoms with Gasteiger partial charge >= 0.3 is 0 Å². The van der Waals surface area contributed by atoms with E-state index in [2.05, 4.69) is 10.6 Å². The number of thiophene rings is 1. The zero-order chi connectivity index (χ0) is 14.4. The van der Waals surface area contributed by atoms with Gasteiger partial charge in [0.15, 0.2) is 0 Å². The molecule has 6 heteroatoms.